The van der Waals surface area contributed by atoms with Crippen molar-refractivity contribution in [1.29, 1.82) is 0 Å². The van der Waals surface area contributed by atoms with Crippen LogP contribution in [0, 0.1) is 6.92 Å². The Balaban J connectivity index is 2.14. The minimum absolute atomic E-state index is 0.176. The smallest absolute Gasteiger partial charge is 0.177 e. The molecule has 2 aromatic rings. The van der Waals surface area contributed by atoms with Gasteiger partial charge in [-0.2, -0.15) is 5.10 Å². The minimum Gasteiger partial charge on any atom is -0.293 e. The quantitative estimate of drug-likeness (QED) is 0.743. The average Bonchev–Trinajstić information content (AvgIpc) is 2.75. The lowest BCUT2D eigenvalue weighted by molar-refractivity contribution is 0.0996. The number of hydrogen-bond donors (Lipinski definition) is 0. The Bertz CT molecular complexity index is 484. The van der Waals surface area contributed by atoms with Gasteiger partial charge in [-0.25, -0.2) is 0 Å². The van der Waals surface area contributed by atoms with Crippen LogP contribution >= 0.6 is 11.3 Å². The molecule has 2 rings (SSSR count). The predicted molar refractivity (Wildman–Crippen MR) is 60.3 cm³/mol. The van der Waals surface area contributed by atoms with E-state index in [9.17, 15) is 4.79 Å². The van der Waals surface area contributed by atoms with Crippen LogP contribution in [0.25, 0.3) is 0 Å². The average molecular weight is 220 g/mol. The number of ketones is 1. The second-order valence-corrected chi connectivity index (χ2v) is 4.47. The van der Waals surface area contributed by atoms with Crippen LogP contribution in [-0.4, -0.2) is 15.6 Å². The zero-order valence-electron chi connectivity index (χ0n) is 8.73. The van der Waals surface area contributed by atoms with E-state index in [2.05, 4.69) is 5.10 Å². The molecule has 0 fully saturated rings. The Morgan fingerprint density at radius 2 is 2.40 bits per heavy atom. The maximum absolute atomic E-state index is 11.9. The first-order valence-corrected chi connectivity index (χ1v) is 5.59. The Morgan fingerprint density at radius 1 is 1.60 bits per heavy atom. The molecule has 2 aromatic heterocycles. The molecule has 0 aliphatic carbocycles. The van der Waals surface area contributed by atoms with Gasteiger partial charge in [-0.05, 0) is 29.5 Å². The Morgan fingerprint density at radius 3 is 2.93 bits per heavy atom. The zero-order valence-corrected chi connectivity index (χ0v) is 9.54. The van der Waals surface area contributed by atoms with E-state index in [1.165, 1.54) is 11.3 Å². The van der Waals surface area contributed by atoms with E-state index >= 15 is 0 Å². The number of carbonyl (C=O) groups excluding carboxylic acids is 1. The molecule has 0 saturated heterocycles. The van der Waals surface area contributed by atoms with Crippen LogP contribution in [0.2, 0.25) is 0 Å². The third kappa shape index (κ3) is 2.15. The molecule has 15 heavy (non-hydrogen) atoms. The van der Waals surface area contributed by atoms with Gasteiger partial charge in [0.25, 0.3) is 0 Å². The molecule has 0 aliphatic heterocycles. The fraction of sp³-hybridized carbons (Fsp3) is 0.273. The van der Waals surface area contributed by atoms with Crippen LogP contribution in [0.15, 0.2) is 23.8 Å². The molecular formula is C11H12N2OS. The van der Waals surface area contributed by atoms with Crippen LogP contribution in [0.4, 0.5) is 0 Å². The molecule has 0 aromatic carbocycles. The van der Waals surface area contributed by atoms with Gasteiger partial charge in [0.1, 0.15) is 0 Å². The summed E-state index contributed by atoms with van der Waals surface area (Å²) in [5.74, 6) is 0.176. The van der Waals surface area contributed by atoms with Gasteiger partial charge in [-0.1, -0.05) is 0 Å². The first-order chi connectivity index (χ1) is 7.16. The maximum atomic E-state index is 11.9. The van der Waals surface area contributed by atoms with Crippen molar-refractivity contribution in [3.05, 3.63) is 39.8 Å². The molecule has 0 radical (unpaired) electrons. The summed E-state index contributed by atoms with van der Waals surface area (Å²) >= 11 is 1.51. The topological polar surface area (TPSA) is 34.9 Å². The van der Waals surface area contributed by atoms with Crippen LogP contribution in [0.3, 0.4) is 0 Å². The van der Waals surface area contributed by atoms with Crippen molar-refractivity contribution < 1.29 is 4.79 Å². The monoisotopic (exact) mass is 220 g/mol. The molecule has 3 nitrogen and oxygen atoms in total. The lowest BCUT2D eigenvalue weighted by Crippen LogP contribution is -2.01. The number of carbonyl (C=O) groups is 1. The van der Waals surface area contributed by atoms with Gasteiger partial charge in [0.15, 0.2) is 5.78 Å². The summed E-state index contributed by atoms with van der Waals surface area (Å²) in [5.41, 5.74) is 2.03. The number of thiophene rings is 1. The molecule has 4 heteroatoms. The minimum atomic E-state index is 0.176. The van der Waals surface area contributed by atoms with Gasteiger partial charge < -0.3 is 0 Å². The van der Waals surface area contributed by atoms with Crippen molar-refractivity contribution >= 4 is 17.1 Å². The normalized spacial score (nSPS) is 10.5. The second-order valence-electron chi connectivity index (χ2n) is 3.55. The molecule has 0 bridgehead atoms. The highest BCUT2D eigenvalue weighted by Crippen LogP contribution is 2.17. The van der Waals surface area contributed by atoms with Crippen molar-refractivity contribution in [3.8, 4) is 0 Å². The first kappa shape index (κ1) is 10.1. The van der Waals surface area contributed by atoms with Crippen molar-refractivity contribution in [2.24, 2.45) is 7.05 Å². The summed E-state index contributed by atoms with van der Waals surface area (Å²) in [6.45, 7) is 1.97. The summed E-state index contributed by atoms with van der Waals surface area (Å²) in [6, 6.07) is 1.97. The fourth-order valence-corrected chi connectivity index (χ4v) is 2.35. The van der Waals surface area contributed by atoms with Gasteiger partial charge in [-0.3, -0.25) is 9.48 Å². The lowest BCUT2D eigenvalue weighted by Gasteiger charge is -1.96. The van der Waals surface area contributed by atoms with Gasteiger partial charge in [-0.15, -0.1) is 11.3 Å². The van der Waals surface area contributed by atoms with Gasteiger partial charge in [0.05, 0.1) is 11.1 Å². The van der Waals surface area contributed by atoms with Crippen LogP contribution < -0.4 is 0 Å². The van der Waals surface area contributed by atoms with E-state index < -0.39 is 0 Å². The highest BCUT2D eigenvalue weighted by atomic mass is 32.1. The number of nitrogens with zero attached hydrogens (tertiary/aromatic N) is 2. The van der Waals surface area contributed by atoms with Gasteiger partial charge in [0, 0.05) is 19.7 Å². The molecular weight excluding hydrogens is 208 g/mol. The molecule has 2 heterocycles. The summed E-state index contributed by atoms with van der Waals surface area (Å²) in [6.07, 6.45) is 4.05. The summed E-state index contributed by atoms with van der Waals surface area (Å²) < 4.78 is 1.71. The standard InChI is InChI=1S/C11H12N2OS/c1-8-3-4-15-11(8)10(14)5-9-6-12-13(2)7-9/h3-4,6-7H,5H2,1-2H3. The van der Waals surface area contributed by atoms with Crippen molar-refractivity contribution in [2.75, 3.05) is 0 Å². The zero-order chi connectivity index (χ0) is 10.8. The van der Waals surface area contributed by atoms with Crippen molar-refractivity contribution in [2.45, 2.75) is 13.3 Å². The van der Waals surface area contributed by atoms with Crippen molar-refractivity contribution in [3.63, 3.8) is 0 Å². The number of aromatic nitrogens is 2. The van der Waals surface area contributed by atoms with Crippen molar-refractivity contribution in [1.82, 2.24) is 9.78 Å². The molecule has 0 unspecified atom stereocenters. The van der Waals surface area contributed by atoms with E-state index in [0.29, 0.717) is 6.42 Å². The number of rotatable bonds is 3. The number of aryl methyl sites for hydroxylation is 2. The van der Waals surface area contributed by atoms with E-state index in [1.807, 2.05) is 31.6 Å². The summed E-state index contributed by atoms with van der Waals surface area (Å²) in [5, 5.41) is 5.99. The summed E-state index contributed by atoms with van der Waals surface area (Å²) in [4.78, 5) is 12.7. The SMILES string of the molecule is Cc1ccsc1C(=O)Cc1cnn(C)c1. The third-order valence-electron chi connectivity index (χ3n) is 2.24. The highest BCUT2D eigenvalue weighted by molar-refractivity contribution is 7.12. The Labute approximate surface area is 92.4 Å². The maximum Gasteiger partial charge on any atom is 0.177 e. The molecule has 0 saturated carbocycles. The molecule has 0 atom stereocenters. The van der Waals surface area contributed by atoms with Gasteiger partial charge in [0.2, 0.25) is 0 Å². The molecule has 0 amide bonds. The molecule has 0 aliphatic rings. The molecule has 78 valence electrons. The van der Waals surface area contributed by atoms with Crippen LogP contribution in [-0.2, 0) is 13.5 Å². The molecule has 0 N–H and O–H groups in total. The van der Waals surface area contributed by atoms with E-state index in [-0.39, 0.29) is 5.78 Å². The number of hydrogen-bond acceptors (Lipinski definition) is 3. The Kier molecular flexibility index (Phi) is 2.68. The number of Topliss-reactive ketones (excluding diaryl/α,β-unsaturated/α-hetero) is 1. The van der Waals surface area contributed by atoms with Crippen LogP contribution in [0.5, 0.6) is 0 Å². The van der Waals surface area contributed by atoms with E-state index in [1.54, 1.807) is 10.9 Å². The molecule has 0 spiro atoms. The second kappa shape index (κ2) is 3.98. The first-order valence-electron chi connectivity index (χ1n) is 4.71. The van der Waals surface area contributed by atoms with Gasteiger partial charge >= 0.3 is 0 Å². The fourth-order valence-electron chi connectivity index (χ4n) is 1.49. The largest absolute Gasteiger partial charge is 0.293 e. The van der Waals surface area contributed by atoms with E-state index in [0.717, 1.165) is 16.0 Å². The van der Waals surface area contributed by atoms with Crippen LogP contribution in [0.1, 0.15) is 20.8 Å². The highest BCUT2D eigenvalue weighted by Gasteiger charge is 2.11. The lowest BCUT2D eigenvalue weighted by atomic mass is 10.1. The third-order valence-corrected chi connectivity index (χ3v) is 3.30. The predicted octanol–water partition coefficient (Wildman–Crippen LogP) is 2.22. The van der Waals surface area contributed by atoms with E-state index in [4.69, 9.17) is 0 Å². The Hall–Kier alpha value is -1.42. The summed E-state index contributed by atoms with van der Waals surface area (Å²) in [7, 11) is 1.85.